The lowest BCUT2D eigenvalue weighted by Crippen LogP contribution is -2.26. The summed E-state index contributed by atoms with van der Waals surface area (Å²) in [7, 11) is 0. The molecule has 0 fully saturated rings. The summed E-state index contributed by atoms with van der Waals surface area (Å²) in [6.45, 7) is 4.35. The van der Waals surface area contributed by atoms with Crippen LogP contribution >= 0.6 is 0 Å². The molecular formula is C7H17NO. The SMILES string of the molecule is CCC(CCO)C(C)N. The second-order valence-electron chi connectivity index (χ2n) is 2.54. The normalized spacial score (nSPS) is 17.3. The zero-order valence-electron chi connectivity index (χ0n) is 6.30. The van der Waals surface area contributed by atoms with Crippen LogP contribution < -0.4 is 5.73 Å². The van der Waals surface area contributed by atoms with Gasteiger partial charge in [-0.1, -0.05) is 13.3 Å². The van der Waals surface area contributed by atoms with Crippen LogP contribution in [0.5, 0.6) is 0 Å². The molecule has 0 spiro atoms. The van der Waals surface area contributed by atoms with Gasteiger partial charge in [0.05, 0.1) is 0 Å². The van der Waals surface area contributed by atoms with Crippen molar-refractivity contribution in [2.45, 2.75) is 32.7 Å². The predicted octanol–water partition coefficient (Wildman–Crippen LogP) is 0.742. The minimum Gasteiger partial charge on any atom is -0.396 e. The predicted molar refractivity (Wildman–Crippen MR) is 39.1 cm³/mol. The van der Waals surface area contributed by atoms with E-state index in [4.69, 9.17) is 10.8 Å². The van der Waals surface area contributed by atoms with Crippen LogP contribution in [0.4, 0.5) is 0 Å². The Morgan fingerprint density at radius 1 is 1.56 bits per heavy atom. The van der Waals surface area contributed by atoms with Gasteiger partial charge in [-0.3, -0.25) is 0 Å². The van der Waals surface area contributed by atoms with E-state index in [1.807, 2.05) is 6.92 Å². The van der Waals surface area contributed by atoms with E-state index in [0.29, 0.717) is 5.92 Å². The second-order valence-corrected chi connectivity index (χ2v) is 2.54. The van der Waals surface area contributed by atoms with Crippen LogP contribution in [0.1, 0.15) is 26.7 Å². The molecule has 0 bridgehead atoms. The average Bonchev–Trinajstić information content (AvgIpc) is 1.82. The van der Waals surface area contributed by atoms with Crippen molar-refractivity contribution >= 4 is 0 Å². The van der Waals surface area contributed by atoms with Gasteiger partial charge < -0.3 is 10.8 Å². The lowest BCUT2D eigenvalue weighted by Gasteiger charge is -2.16. The molecule has 0 aliphatic heterocycles. The number of rotatable bonds is 4. The Balaban J connectivity index is 3.41. The summed E-state index contributed by atoms with van der Waals surface area (Å²) in [4.78, 5) is 0. The molecule has 0 amide bonds. The molecule has 3 N–H and O–H groups in total. The van der Waals surface area contributed by atoms with E-state index in [0.717, 1.165) is 12.8 Å². The highest BCUT2D eigenvalue weighted by Gasteiger charge is 2.09. The van der Waals surface area contributed by atoms with Crippen molar-refractivity contribution in [3.63, 3.8) is 0 Å². The molecule has 0 saturated carbocycles. The van der Waals surface area contributed by atoms with Crippen molar-refractivity contribution < 1.29 is 5.11 Å². The maximum Gasteiger partial charge on any atom is 0.0434 e. The molecule has 0 aromatic rings. The maximum absolute atomic E-state index is 8.56. The lowest BCUT2D eigenvalue weighted by atomic mass is 9.96. The molecule has 0 saturated heterocycles. The van der Waals surface area contributed by atoms with Gasteiger partial charge >= 0.3 is 0 Å². The Hall–Kier alpha value is -0.0800. The number of aliphatic hydroxyl groups excluding tert-OH is 1. The molecule has 0 aromatic carbocycles. The Labute approximate surface area is 57.1 Å². The van der Waals surface area contributed by atoms with Gasteiger partial charge in [0.2, 0.25) is 0 Å². The van der Waals surface area contributed by atoms with Gasteiger partial charge in [-0.25, -0.2) is 0 Å². The van der Waals surface area contributed by atoms with E-state index < -0.39 is 0 Å². The molecule has 2 unspecified atom stereocenters. The Kier molecular flexibility index (Phi) is 4.72. The minimum absolute atomic E-state index is 0.224. The number of hydrogen-bond donors (Lipinski definition) is 2. The third-order valence-electron chi connectivity index (χ3n) is 1.77. The number of nitrogens with two attached hydrogens (primary N) is 1. The molecule has 2 atom stereocenters. The van der Waals surface area contributed by atoms with Gasteiger partial charge in [0.25, 0.3) is 0 Å². The van der Waals surface area contributed by atoms with Crippen molar-refractivity contribution in [3.05, 3.63) is 0 Å². The first-order chi connectivity index (χ1) is 4.22. The van der Waals surface area contributed by atoms with Gasteiger partial charge in [-0.15, -0.1) is 0 Å². The third kappa shape index (κ3) is 3.49. The first-order valence-corrected chi connectivity index (χ1v) is 3.58. The molecule has 9 heavy (non-hydrogen) atoms. The van der Waals surface area contributed by atoms with Crippen LogP contribution in [-0.4, -0.2) is 17.8 Å². The summed E-state index contributed by atoms with van der Waals surface area (Å²) in [5, 5.41) is 8.56. The first-order valence-electron chi connectivity index (χ1n) is 3.58. The smallest absolute Gasteiger partial charge is 0.0434 e. The van der Waals surface area contributed by atoms with E-state index in [-0.39, 0.29) is 12.6 Å². The summed E-state index contributed by atoms with van der Waals surface area (Å²) in [5.74, 6) is 0.495. The molecule has 0 aliphatic rings. The van der Waals surface area contributed by atoms with Crippen LogP contribution in [0, 0.1) is 5.92 Å². The minimum atomic E-state index is 0.224. The summed E-state index contributed by atoms with van der Waals surface area (Å²) in [6.07, 6.45) is 1.91. The highest BCUT2D eigenvalue weighted by atomic mass is 16.3. The van der Waals surface area contributed by atoms with Crippen LogP contribution in [0.2, 0.25) is 0 Å². The molecule has 0 heterocycles. The average molecular weight is 131 g/mol. The summed E-state index contributed by atoms with van der Waals surface area (Å²) < 4.78 is 0. The molecule has 0 aliphatic carbocycles. The molecule has 0 radical (unpaired) electrons. The monoisotopic (exact) mass is 131 g/mol. The topological polar surface area (TPSA) is 46.2 Å². The maximum atomic E-state index is 8.56. The van der Waals surface area contributed by atoms with Crippen molar-refractivity contribution in [3.8, 4) is 0 Å². The van der Waals surface area contributed by atoms with E-state index in [1.54, 1.807) is 0 Å². The van der Waals surface area contributed by atoms with E-state index >= 15 is 0 Å². The largest absolute Gasteiger partial charge is 0.396 e. The summed E-state index contributed by atoms with van der Waals surface area (Å²) >= 11 is 0. The quantitative estimate of drug-likeness (QED) is 0.591. The van der Waals surface area contributed by atoms with E-state index in [1.165, 1.54) is 0 Å². The highest BCUT2D eigenvalue weighted by Crippen LogP contribution is 2.09. The van der Waals surface area contributed by atoms with Crippen LogP contribution in [0.3, 0.4) is 0 Å². The van der Waals surface area contributed by atoms with Crippen LogP contribution in [-0.2, 0) is 0 Å². The van der Waals surface area contributed by atoms with Gasteiger partial charge in [-0.05, 0) is 19.3 Å². The summed E-state index contributed by atoms with van der Waals surface area (Å²) in [5.41, 5.74) is 5.62. The zero-order chi connectivity index (χ0) is 7.28. The molecule has 2 nitrogen and oxygen atoms in total. The van der Waals surface area contributed by atoms with Gasteiger partial charge in [0, 0.05) is 12.6 Å². The standard InChI is InChI=1S/C7H17NO/c1-3-7(4-5-9)6(2)8/h6-7,9H,3-5,8H2,1-2H3. The molecule has 2 heteroatoms. The fourth-order valence-electron chi connectivity index (χ4n) is 1.00. The summed E-state index contributed by atoms with van der Waals surface area (Å²) in [6, 6.07) is 0.224. The molecule has 0 aromatic heterocycles. The van der Waals surface area contributed by atoms with Gasteiger partial charge in [-0.2, -0.15) is 0 Å². The molecular weight excluding hydrogens is 114 g/mol. The van der Waals surface area contributed by atoms with Crippen molar-refractivity contribution in [1.82, 2.24) is 0 Å². The van der Waals surface area contributed by atoms with Crippen LogP contribution in [0.15, 0.2) is 0 Å². The third-order valence-corrected chi connectivity index (χ3v) is 1.77. The fourth-order valence-corrected chi connectivity index (χ4v) is 1.00. The van der Waals surface area contributed by atoms with Crippen LogP contribution in [0.25, 0.3) is 0 Å². The fraction of sp³-hybridized carbons (Fsp3) is 1.00. The Morgan fingerprint density at radius 3 is 2.22 bits per heavy atom. The number of aliphatic hydroxyl groups is 1. The highest BCUT2D eigenvalue weighted by molar-refractivity contribution is 4.65. The van der Waals surface area contributed by atoms with Gasteiger partial charge in [0.15, 0.2) is 0 Å². The second kappa shape index (κ2) is 4.77. The van der Waals surface area contributed by atoms with Gasteiger partial charge in [0.1, 0.15) is 0 Å². The Bertz CT molecular complexity index is 63.9. The molecule has 0 rings (SSSR count). The number of hydrogen-bond acceptors (Lipinski definition) is 2. The van der Waals surface area contributed by atoms with Crippen molar-refractivity contribution in [1.29, 1.82) is 0 Å². The van der Waals surface area contributed by atoms with E-state index in [2.05, 4.69) is 6.92 Å². The Morgan fingerprint density at radius 2 is 2.11 bits per heavy atom. The van der Waals surface area contributed by atoms with E-state index in [9.17, 15) is 0 Å². The zero-order valence-corrected chi connectivity index (χ0v) is 6.30. The molecule has 56 valence electrons. The van der Waals surface area contributed by atoms with Crippen molar-refractivity contribution in [2.75, 3.05) is 6.61 Å². The van der Waals surface area contributed by atoms with Crippen molar-refractivity contribution in [2.24, 2.45) is 11.7 Å². The lowest BCUT2D eigenvalue weighted by molar-refractivity contribution is 0.242. The first kappa shape index (κ1) is 8.92.